The van der Waals surface area contributed by atoms with Gasteiger partial charge in [0.2, 0.25) is 0 Å². The highest BCUT2D eigenvalue weighted by atomic mass is 32.2. The Morgan fingerprint density at radius 2 is 1.70 bits per heavy atom. The van der Waals surface area contributed by atoms with E-state index >= 15 is 0 Å². The third-order valence-electron chi connectivity index (χ3n) is 3.90. The first-order chi connectivity index (χ1) is 13.1. The molecular weight excluding hydrogens is 384 g/mol. The van der Waals surface area contributed by atoms with Gasteiger partial charge in [0.15, 0.2) is 0 Å². The van der Waals surface area contributed by atoms with E-state index in [1.807, 2.05) is 11.4 Å². The van der Waals surface area contributed by atoms with Crippen molar-refractivity contribution in [2.24, 2.45) is 0 Å². The minimum absolute atomic E-state index is 0.224. The standard InChI is InChI=1S/C19H12N2O4S2/c22-17-13-5-1-2-6-14(13)18(23)21(17)25-19(24)15-7-3-4-8-16(15)27-10-12-9-26-11-20-12/h1-9,11H,10H2. The van der Waals surface area contributed by atoms with Crippen LogP contribution < -0.4 is 0 Å². The first-order valence-electron chi connectivity index (χ1n) is 7.94. The second-order valence-corrected chi connectivity index (χ2v) is 7.33. The molecule has 27 heavy (non-hydrogen) atoms. The quantitative estimate of drug-likeness (QED) is 0.482. The van der Waals surface area contributed by atoms with Gasteiger partial charge in [-0.15, -0.1) is 23.1 Å². The SMILES string of the molecule is O=C(ON1C(=O)c2ccccc2C1=O)c1ccccc1SCc1cscn1. The number of imide groups is 1. The average Bonchev–Trinajstić information content (AvgIpc) is 3.30. The van der Waals surface area contributed by atoms with E-state index in [-0.39, 0.29) is 16.7 Å². The van der Waals surface area contributed by atoms with Crippen LogP contribution in [0.3, 0.4) is 0 Å². The van der Waals surface area contributed by atoms with Gasteiger partial charge >= 0.3 is 5.97 Å². The summed E-state index contributed by atoms with van der Waals surface area (Å²) in [7, 11) is 0. The van der Waals surface area contributed by atoms with Gasteiger partial charge in [-0.05, 0) is 24.3 Å². The van der Waals surface area contributed by atoms with E-state index in [2.05, 4.69) is 4.98 Å². The fourth-order valence-corrected chi connectivity index (χ4v) is 4.21. The molecule has 1 aliphatic rings. The molecule has 0 bridgehead atoms. The van der Waals surface area contributed by atoms with Crippen molar-refractivity contribution in [3.05, 3.63) is 81.8 Å². The minimum Gasteiger partial charge on any atom is -0.324 e. The molecule has 1 aromatic heterocycles. The lowest BCUT2D eigenvalue weighted by Crippen LogP contribution is -2.32. The van der Waals surface area contributed by atoms with E-state index in [0.29, 0.717) is 15.7 Å². The van der Waals surface area contributed by atoms with E-state index in [1.54, 1.807) is 35.8 Å². The fourth-order valence-electron chi connectivity index (χ4n) is 2.60. The summed E-state index contributed by atoms with van der Waals surface area (Å²) in [5.41, 5.74) is 3.39. The van der Waals surface area contributed by atoms with Gasteiger partial charge in [0.05, 0.1) is 27.9 Å². The lowest BCUT2D eigenvalue weighted by Gasteiger charge is -2.14. The maximum absolute atomic E-state index is 12.6. The fraction of sp³-hybridized carbons (Fsp3) is 0.0526. The molecule has 2 amide bonds. The van der Waals surface area contributed by atoms with Crippen LogP contribution in [0.4, 0.5) is 0 Å². The summed E-state index contributed by atoms with van der Waals surface area (Å²) in [6, 6.07) is 13.3. The van der Waals surface area contributed by atoms with Crippen molar-refractivity contribution < 1.29 is 19.2 Å². The molecule has 2 aromatic carbocycles. The van der Waals surface area contributed by atoms with Gasteiger partial charge in [-0.2, -0.15) is 0 Å². The van der Waals surface area contributed by atoms with Crippen molar-refractivity contribution in [3.8, 4) is 0 Å². The second-order valence-electron chi connectivity index (χ2n) is 5.59. The number of aromatic nitrogens is 1. The highest BCUT2D eigenvalue weighted by molar-refractivity contribution is 7.98. The number of carbonyl (C=O) groups excluding carboxylic acids is 3. The summed E-state index contributed by atoms with van der Waals surface area (Å²) in [5.74, 6) is -1.44. The van der Waals surface area contributed by atoms with Gasteiger partial charge in [-0.3, -0.25) is 9.59 Å². The van der Waals surface area contributed by atoms with Crippen LogP contribution in [0.15, 0.2) is 64.3 Å². The summed E-state index contributed by atoms with van der Waals surface area (Å²) in [5, 5.41) is 2.46. The Kier molecular flexibility index (Phi) is 4.74. The molecule has 0 N–H and O–H groups in total. The summed E-state index contributed by atoms with van der Waals surface area (Å²) < 4.78 is 0. The van der Waals surface area contributed by atoms with Crippen LogP contribution in [0.1, 0.15) is 36.8 Å². The zero-order chi connectivity index (χ0) is 18.8. The van der Waals surface area contributed by atoms with Gasteiger partial charge in [-0.25, -0.2) is 9.78 Å². The molecule has 0 unspecified atom stereocenters. The summed E-state index contributed by atoms with van der Waals surface area (Å²) in [6.45, 7) is 0. The van der Waals surface area contributed by atoms with Crippen molar-refractivity contribution in [2.75, 3.05) is 0 Å². The predicted molar refractivity (Wildman–Crippen MR) is 100 cm³/mol. The monoisotopic (exact) mass is 396 g/mol. The smallest absolute Gasteiger partial charge is 0.324 e. The number of carbonyl (C=O) groups is 3. The van der Waals surface area contributed by atoms with E-state index in [0.717, 1.165) is 5.69 Å². The Balaban J connectivity index is 1.52. The molecule has 0 fully saturated rings. The van der Waals surface area contributed by atoms with Crippen molar-refractivity contribution in [1.82, 2.24) is 10.0 Å². The van der Waals surface area contributed by atoms with Crippen LogP contribution in [0, 0.1) is 0 Å². The molecule has 2 heterocycles. The second kappa shape index (κ2) is 7.34. The Morgan fingerprint density at radius 1 is 1.04 bits per heavy atom. The van der Waals surface area contributed by atoms with Crippen LogP contribution in [0.2, 0.25) is 0 Å². The Bertz CT molecular complexity index is 999. The number of hydroxylamine groups is 2. The van der Waals surface area contributed by atoms with E-state index in [1.165, 1.54) is 35.2 Å². The van der Waals surface area contributed by atoms with Gasteiger partial charge in [0.1, 0.15) is 0 Å². The molecule has 0 saturated heterocycles. The molecule has 0 radical (unpaired) electrons. The first kappa shape index (κ1) is 17.4. The summed E-state index contributed by atoms with van der Waals surface area (Å²) in [6.07, 6.45) is 0. The summed E-state index contributed by atoms with van der Waals surface area (Å²) >= 11 is 2.94. The molecular formula is C19H12N2O4S2. The molecule has 0 saturated carbocycles. The zero-order valence-corrected chi connectivity index (χ0v) is 15.5. The first-order valence-corrected chi connectivity index (χ1v) is 9.87. The van der Waals surface area contributed by atoms with Crippen molar-refractivity contribution in [3.63, 3.8) is 0 Å². The largest absolute Gasteiger partial charge is 0.365 e. The van der Waals surface area contributed by atoms with E-state index < -0.39 is 17.8 Å². The Labute approximate surface area is 162 Å². The molecule has 3 aromatic rings. The third-order valence-corrected chi connectivity index (χ3v) is 5.64. The maximum atomic E-state index is 12.6. The van der Waals surface area contributed by atoms with Crippen LogP contribution >= 0.6 is 23.1 Å². The maximum Gasteiger partial charge on any atom is 0.365 e. The Morgan fingerprint density at radius 3 is 2.37 bits per heavy atom. The van der Waals surface area contributed by atoms with Crippen molar-refractivity contribution >= 4 is 40.9 Å². The highest BCUT2D eigenvalue weighted by Crippen LogP contribution is 2.28. The highest BCUT2D eigenvalue weighted by Gasteiger charge is 2.39. The number of nitrogens with zero attached hydrogens (tertiary/aromatic N) is 2. The van der Waals surface area contributed by atoms with Crippen molar-refractivity contribution in [1.29, 1.82) is 0 Å². The third kappa shape index (κ3) is 3.36. The Hall–Kier alpha value is -2.97. The molecule has 4 rings (SSSR count). The number of rotatable bonds is 5. The molecule has 8 heteroatoms. The number of thioether (sulfide) groups is 1. The lowest BCUT2D eigenvalue weighted by atomic mass is 10.1. The lowest BCUT2D eigenvalue weighted by molar-refractivity contribution is -0.0586. The van der Waals surface area contributed by atoms with Gasteiger partial charge in [-0.1, -0.05) is 29.3 Å². The van der Waals surface area contributed by atoms with Crippen LogP contribution in [-0.2, 0) is 10.6 Å². The van der Waals surface area contributed by atoms with Crippen LogP contribution in [0.25, 0.3) is 0 Å². The zero-order valence-electron chi connectivity index (χ0n) is 13.8. The molecule has 6 nitrogen and oxygen atoms in total. The molecule has 134 valence electrons. The van der Waals surface area contributed by atoms with Gasteiger partial charge in [0.25, 0.3) is 11.8 Å². The number of hydrogen-bond donors (Lipinski definition) is 0. The normalized spacial score (nSPS) is 13.0. The number of amides is 2. The average molecular weight is 396 g/mol. The molecule has 0 spiro atoms. The predicted octanol–water partition coefficient (Wildman–Crippen LogP) is 3.80. The van der Waals surface area contributed by atoms with Gasteiger partial charge < -0.3 is 4.84 Å². The number of benzene rings is 2. The number of fused-ring (bicyclic) bond motifs is 1. The van der Waals surface area contributed by atoms with Crippen molar-refractivity contribution in [2.45, 2.75) is 10.6 Å². The summed E-state index contributed by atoms with van der Waals surface area (Å²) in [4.78, 5) is 47.4. The molecule has 0 atom stereocenters. The number of thiazole rings is 1. The molecule has 1 aliphatic heterocycles. The van der Waals surface area contributed by atoms with E-state index in [4.69, 9.17) is 4.84 Å². The van der Waals surface area contributed by atoms with Crippen LogP contribution in [0.5, 0.6) is 0 Å². The van der Waals surface area contributed by atoms with Gasteiger partial charge in [0, 0.05) is 16.0 Å². The topological polar surface area (TPSA) is 76.6 Å². The molecule has 0 aliphatic carbocycles. The number of hydrogen-bond acceptors (Lipinski definition) is 7. The van der Waals surface area contributed by atoms with E-state index in [9.17, 15) is 14.4 Å². The minimum atomic E-state index is -0.758. The van der Waals surface area contributed by atoms with Crippen LogP contribution in [-0.4, -0.2) is 27.8 Å².